The second-order valence-corrected chi connectivity index (χ2v) is 8.36. The van der Waals surface area contributed by atoms with E-state index in [4.69, 9.17) is 0 Å². The summed E-state index contributed by atoms with van der Waals surface area (Å²) in [5.41, 5.74) is 1.15. The van der Waals surface area contributed by atoms with Crippen molar-refractivity contribution in [2.75, 3.05) is 12.3 Å². The van der Waals surface area contributed by atoms with Crippen molar-refractivity contribution in [3.8, 4) is 0 Å². The Morgan fingerprint density at radius 1 is 1.38 bits per heavy atom. The maximum Gasteiger partial charge on any atom is 0.318 e. The Balaban J connectivity index is 1.63. The van der Waals surface area contributed by atoms with Crippen LogP contribution >= 0.6 is 23.1 Å². The maximum absolute atomic E-state index is 12.7. The summed E-state index contributed by atoms with van der Waals surface area (Å²) in [5, 5.41) is 5.25. The third-order valence-electron chi connectivity index (χ3n) is 4.42. The molecule has 0 aliphatic carbocycles. The van der Waals surface area contributed by atoms with E-state index in [2.05, 4.69) is 60.9 Å². The van der Waals surface area contributed by atoms with Crippen molar-refractivity contribution in [3.63, 3.8) is 0 Å². The van der Waals surface area contributed by atoms with E-state index in [0.717, 1.165) is 30.7 Å². The zero-order chi connectivity index (χ0) is 16.9. The van der Waals surface area contributed by atoms with Crippen LogP contribution in [0.15, 0.2) is 46.7 Å². The highest BCUT2D eigenvalue weighted by atomic mass is 32.2. The average Bonchev–Trinajstić information content (AvgIpc) is 3.26. The minimum Gasteiger partial charge on any atom is -0.331 e. The summed E-state index contributed by atoms with van der Waals surface area (Å²) in [4.78, 5) is 17.3. The Labute approximate surface area is 152 Å². The highest BCUT2D eigenvalue weighted by Crippen LogP contribution is 2.34. The third kappa shape index (κ3) is 3.95. The van der Waals surface area contributed by atoms with Crippen molar-refractivity contribution in [3.05, 3.63) is 52.2 Å². The standard InChI is InChI=1S/C19H24N2OS2/c1-3-23-16-10-8-15(9-11-16)14(2)20-19(22)21-12-4-6-17(21)18-7-5-13-24-18/h5,7-11,13-14,17H,3-4,6,12H2,1-2H3,(H,20,22). The Kier molecular flexibility index (Phi) is 5.85. The molecule has 2 unspecified atom stereocenters. The largest absolute Gasteiger partial charge is 0.331 e. The topological polar surface area (TPSA) is 32.3 Å². The van der Waals surface area contributed by atoms with Crippen LogP contribution in [0.4, 0.5) is 4.79 Å². The normalized spacial score (nSPS) is 18.6. The average molecular weight is 361 g/mol. The lowest BCUT2D eigenvalue weighted by Crippen LogP contribution is -2.40. The van der Waals surface area contributed by atoms with Crippen LogP contribution in [-0.2, 0) is 0 Å². The van der Waals surface area contributed by atoms with E-state index >= 15 is 0 Å². The first-order chi connectivity index (χ1) is 11.7. The fourth-order valence-corrected chi connectivity index (χ4v) is 4.69. The number of rotatable bonds is 5. The molecular formula is C19H24N2OS2. The van der Waals surface area contributed by atoms with Gasteiger partial charge in [0.1, 0.15) is 0 Å². The van der Waals surface area contributed by atoms with Gasteiger partial charge in [0, 0.05) is 16.3 Å². The number of hydrogen-bond donors (Lipinski definition) is 1. The Morgan fingerprint density at radius 2 is 2.17 bits per heavy atom. The van der Waals surface area contributed by atoms with Gasteiger partial charge in [-0.05, 0) is 54.7 Å². The summed E-state index contributed by atoms with van der Waals surface area (Å²) in [5.74, 6) is 1.07. The molecule has 0 bridgehead atoms. The van der Waals surface area contributed by atoms with E-state index in [-0.39, 0.29) is 18.1 Å². The number of nitrogens with zero attached hydrogens (tertiary/aromatic N) is 1. The minimum atomic E-state index is 0.0164. The van der Waals surface area contributed by atoms with Crippen LogP contribution in [0.25, 0.3) is 0 Å². The van der Waals surface area contributed by atoms with Crippen molar-refractivity contribution in [2.24, 2.45) is 0 Å². The minimum absolute atomic E-state index is 0.0164. The molecule has 1 aliphatic rings. The lowest BCUT2D eigenvalue weighted by Gasteiger charge is -2.26. The van der Waals surface area contributed by atoms with E-state index in [1.165, 1.54) is 9.77 Å². The molecule has 1 saturated heterocycles. The molecule has 3 rings (SSSR count). The summed E-state index contributed by atoms with van der Waals surface area (Å²) < 4.78 is 0. The van der Waals surface area contributed by atoms with E-state index in [1.54, 1.807) is 11.3 Å². The summed E-state index contributed by atoms with van der Waals surface area (Å²) in [7, 11) is 0. The van der Waals surface area contributed by atoms with Crippen LogP contribution in [0.5, 0.6) is 0 Å². The van der Waals surface area contributed by atoms with Crippen molar-refractivity contribution in [1.29, 1.82) is 0 Å². The number of urea groups is 1. The molecule has 1 N–H and O–H groups in total. The van der Waals surface area contributed by atoms with Gasteiger partial charge in [0.25, 0.3) is 0 Å². The van der Waals surface area contributed by atoms with Gasteiger partial charge in [0.2, 0.25) is 0 Å². The molecule has 128 valence electrons. The molecule has 0 saturated carbocycles. The van der Waals surface area contributed by atoms with Gasteiger partial charge in [0.05, 0.1) is 12.1 Å². The van der Waals surface area contributed by atoms with Crippen LogP contribution in [0.3, 0.4) is 0 Å². The Bertz CT molecular complexity index is 655. The molecule has 2 atom stereocenters. The number of hydrogen-bond acceptors (Lipinski definition) is 3. The molecule has 0 radical (unpaired) electrons. The highest BCUT2D eigenvalue weighted by molar-refractivity contribution is 7.99. The summed E-state index contributed by atoms with van der Waals surface area (Å²) in [6, 6.07) is 13.0. The second kappa shape index (κ2) is 8.08. The van der Waals surface area contributed by atoms with Gasteiger partial charge < -0.3 is 10.2 Å². The number of amides is 2. The van der Waals surface area contributed by atoms with E-state index < -0.39 is 0 Å². The molecule has 1 aromatic carbocycles. The van der Waals surface area contributed by atoms with Crippen LogP contribution in [-0.4, -0.2) is 23.2 Å². The number of carbonyl (C=O) groups is 1. The molecule has 0 spiro atoms. The van der Waals surface area contributed by atoms with Gasteiger partial charge in [0.15, 0.2) is 0 Å². The summed E-state index contributed by atoms with van der Waals surface area (Å²) in [6.07, 6.45) is 2.14. The van der Waals surface area contributed by atoms with Gasteiger partial charge in [-0.15, -0.1) is 23.1 Å². The van der Waals surface area contributed by atoms with Gasteiger partial charge >= 0.3 is 6.03 Å². The number of thioether (sulfide) groups is 1. The fraction of sp³-hybridized carbons (Fsp3) is 0.421. The first kappa shape index (κ1) is 17.4. The van der Waals surface area contributed by atoms with E-state index in [1.807, 2.05) is 16.7 Å². The molecular weight excluding hydrogens is 336 g/mol. The summed E-state index contributed by atoms with van der Waals surface area (Å²) in [6.45, 7) is 5.05. The molecule has 1 aromatic heterocycles. The van der Waals surface area contributed by atoms with Crippen molar-refractivity contribution in [2.45, 2.75) is 43.7 Å². The molecule has 1 fully saturated rings. The molecule has 2 amide bonds. The van der Waals surface area contributed by atoms with E-state index in [0.29, 0.717) is 0 Å². The predicted molar refractivity (Wildman–Crippen MR) is 103 cm³/mol. The predicted octanol–water partition coefficient (Wildman–Crippen LogP) is 5.47. The molecule has 3 nitrogen and oxygen atoms in total. The van der Waals surface area contributed by atoms with Crippen LogP contribution in [0.2, 0.25) is 0 Å². The second-order valence-electron chi connectivity index (χ2n) is 6.04. The van der Waals surface area contributed by atoms with Crippen LogP contribution in [0.1, 0.15) is 49.2 Å². The van der Waals surface area contributed by atoms with Gasteiger partial charge in [-0.1, -0.05) is 25.1 Å². The number of carbonyl (C=O) groups excluding carboxylic acids is 1. The van der Waals surface area contributed by atoms with Crippen molar-refractivity contribution >= 4 is 29.1 Å². The summed E-state index contributed by atoms with van der Waals surface area (Å²) >= 11 is 3.57. The molecule has 2 heterocycles. The lowest BCUT2D eigenvalue weighted by atomic mass is 10.1. The van der Waals surface area contributed by atoms with Crippen LogP contribution < -0.4 is 5.32 Å². The van der Waals surface area contributed by atoms with Gasteiger partial charge in [-0.3, -0.25) is 0 Å². The number of thiophene rings is 1. The smallest absolute Gasteiger partial charge is 0.318 e. The van der Waals surface area contributed by atoms with Crippen molar-refractivity contribution in [1.82, 2.24) is 10.2 Å². The number of likely N-dealkylation sites (tertiary alicyclic amines) is 1. The zero-order valence-electron chi connectivity index (χ0n) is 14.2. The monoisotopic (exact) mass is 360 g/mol. The Morgan fingerprint density at radius 3 is 2.83 bits per heavy atom. The Hall–Kier alpha value is -1.46. The first-order valence-electron chi connectivity index (χ1n) is 8.52. The van der Waals surface area contributed by atoms with Gasteiger partial charge in [-0.2, -0.15) is 0 Å². The molecule has 24 heavy (non-hydrogen) atoms. The molecule has 1 aliphatic heterocycles. The fourth-order valence-electron chi connectivity index (χ4n) is 3.16. The zero-order valence-corrected chi connectivity index (χ0v) is 15.8. The maximum atomic E-state index is 12.7. The third-order valence-corrected chi connectivity index (χ3v) is 6.28. The quantitative estimate of drug-likeness (QED) is 0.717. The first-order valence-corrected chi connectivity index (χ1v) is 10.4. The number of benzene rings is 1. The van der Waals surface area contributed by atoms with E-state index in [9.17, 15) is 4.79 Å². The number of nitrogens with one attached hydrogen (secondary N) is 1. The van der Waals surface area contributed by atoms with Gasteiger partial charge in [-0.25, -0.2) is 4.79 Å². The SMILES string of the molecule is CCSc1ccc(C(C)NC(=O)N2CCCC2c2cccs2)cc1. The highest BCUT2D eigenvalue weighted by Gasteiger charge is 2.31. The lowest BCUT2D eigenvalue weighted by molar-refractivity contribution is 0.190. The molecule has 5 heteroatoms. The van der Waals surface area contributed by atoms with Crippen molar-refractivity contribution < 1.29 is 4.79 Å². The molecule has 2 aromatic rings. The van der Waals surface area contributed by atoms with Crippen LogP contribution in [0, 0.1) is 0 Å².